The van der Waals surface area contributed by atoms with Gasteiger partial charge >= 0.3 is 0 Å². The van der Waals surface area contributed by atoms with Crippen LogP contribution in [0.3, 0.4) is 0 Å². The molecule has 0 radical (unpaired) electrons. The Labute approximate surface area is 126 Å². The normalized spacial score (nSPS) is 19.2. The van der Waals surface area contributed by atoms with Crippen molar-refractivity contribution in [3.05, 3.63) is 35.8 Å². The van der Waals surface area contributed by atoms with E-state index in [4.69, 9.17) is 0 Å². The Hall–Kier alpha value is -1.91. The highest BCUT2D eigenvalue weighted by molar-refractivity contribution is 5.39. The van der Waals surface area contributed by atoms with Gasteiger partial charge in [0.25, 0.3) is 0 Å². The Morgan fingerprint density at radius 3 is 2.57 bits per heavy atom. The number of aromatic nitrogens is 4. The van der Waals surface area contributed by atoms with Crippen LogP contribution in [0.4, 0.5) is 5.82 Å². The van der Waals surface area contributed by atoms with Crippen LogP contribution in [-0.2, 0) is 5.41 Å². The molecular formula is C16H23N5. The van der Waals surface area contributed by atoms with Crippen LogP contribution >= 0.6 is 0 Å². The molecule has 1 atom stereocenters. The van der Waals surface area contributed by atoms with Crippen LogP contribution in [-0.4, -0.2) is 33.1 Å². The second-order valence-electron chi connectivity index (χ2n) is 6.91. The van der Waals surface area contributed by atoms with E-state index in [9.17, 15) is 0 Å². The highest BCUT2D eigenvalue weighted by Gasteiger charge is 2.26. The lowest BCUT2D eigenvalue weighted by Gasteiger charge is -2.20. The number of anilines is 1. The molecule has 5 heteroatoms. The molecule has 0 amide bonds. The molecule has 2 aromatic heterocycles. The van der Waals surface area contributed by atoms with Gasteiger partial charge < -0.3 is 4.90 Å². The Morgan fingerprint density at radius 1 is 1.19 bits per heavy atom. The minimum absolute atomic E-state index is 0.0473. The predicted molar refractivity (Wildman–Crippen MR) is 83.6 cm³/mol. The fourth-order valence-corrected chi connectivity index (χ4v) is 2.69. The summed E-state index contributed by atoms with van der Waals surface area (Å²) in [5, 5.41) is 13.2. The molecule has 0 bridgehead atoms. The van der Waals surface area contributed by atoms with Crippen LogP contribution in [0.1, 0.15) is 44.5 Å². The van der Waals surface area contributed by atoms with E-state index >= 15 is 0 Å². The second-order valence-corrected chi connectivity index (χ2v) is 6.91. The van der Waals surface area contributed by atoms with Gasteiger partial charge in [0, 0.05) is 24.7 Å². The Morgan fingerprint density at radius 2 is 2.00 bits per heavy atom. The zero-order valence-corrected chi connectivity index (χ0v) is 13.2. The van der Waals surface area contributed by atoms with E-state index in [1.807, 2.05) is 6.20 Å². The lowest BCUT2D eigenvalue weighted by Crippen LogP contribution is -2.23. The summed E-state index contributed by atoms with van der Waals surface area (Å²) in [4.78, 5) is 2.29. The smallest absolute Gasteiger partial charge is 0.151 e. The number of hydrogen-bond donors (Lipinski definition) is 0. The van der Waals surface area contributed by atoms with E-state index in [2.05, 4.69) is 70.9 Å². The number of hydrogen-bond acceptors (Lipinski definition) is 4. The van der Waals surface area contributed by atoms with Gasteiger partial charge in [0.05, 0.1) is 17.9 Å². The van der Waals surface area contributed by atoms with E-state index in [0.717, 1.165) is 31.0 Å². The minimum Gasteiger partial charge on any atom is -0.353 e. The molecule has 112 valence electrons. The molecule has 2 aromatic rings. The molecule has 3 heterocycles. The summed E-state index contributed by atoms with van der Waals surface area (Å²) >= 11 is 0. The third-order valence-electron chi connectivity index (χ3n) is 4.01. The summed E-state index contributed by atoms with van der Waals surface area (Å²) in [6.07, 6.45) is 5.13. The number of aryl methyl sites for hydroxylation is 1. The van der Waals surface area contributed by atoms with Gasteiger partial charge in [-0.15, -0.1) is 5.10 Å². The summed E-state index contributed by atoms with van der Waals surface area (Å²) in [5.41, 5.74) is 2.29. The van der Waals surface area contributed by atoms with E-state index in [-0.39, 0.29) is 5.41 Å². The van der Waals surface area contributed by atoms with Crippen LogP contribution in [0.15, 0.2) is 24.5 Å². The fraction of sp³-hybridized carbons (Fsp3) is 0.562. The van der Waals surface area contributed by atoms with Gasteiger partial charge in [-0.3, -0.25) is 4.68 Å². The van der Waals surface area contributed by atoms with E-state index in [1.165, 1.54) is 5.56 Å². The molecular weight excluding hydrogens is 262 g/mol. The summed E-state index contributed by atoms with van der Waals surface area (Å²) in [5.74, 6) is 0.967. The topological polar surface area (TPSA) is 46.8 Å². The zero-order valence-electron chi connectivity index (χ0n) is 13.2. The molecule has 21 heavy (non-hydrogen) atoms. The largest absolute Gasteiger partial charge is 0.353 e. The Bertz CT molecular complexity index is 608. The summed E-state index contributed by atoms with van der Waals surface area (Å²) in [6.45, 7) is 10.5. The van der Waals surface area contributed by atoms with Crippen molar-refractivity contribution in [3.8, 4) is 0 Å². The van der Waals surface area contributed by atoms with Crippen molar-refractivity contribution in [1.29, 1.82) is 0 Å². The molecule has 3 rings (SSSR count). The first-order valence-corrected chi connectivity index (χ1v) is 7.53. The van der Waals surface area contributed by atoms with Crippen molar-refractivity contribution in [2.24, 2.45) is 0 Å². The van der Waals surface area contributed by atoms with Crippen molar-refractivity contribution in [3.63, 3.8) is 0 Å². The third-order valence-corrected chi connectivity index (χ3v) is 4.01. The molecule has 0 saturated carbocycles. The molecule has 0 aliphatic carbocycles. The van der Waals surface area contributed by atoms with Gasteiger partial charge in [0.2, 0.25) is 0 Å². The number of nitrogens with zero attached hydrogens (tertiary/aromatic N) is 5. The predicted octanol–water partition coefficient (Wildman–Crippen LogP) is 2.73. The SMILES string of the molecule is Cc1cnn(C2CCN(c3ccc(C(C)(C)C)nn3)C2)c1. The summed E-state index contributed by atoms with van der Waals surface area (Å²) < 4.78 is 2.08. The van der Waals surface area contributed by atoms with Gasteiger partial charge in [-0.1, -0.05) is 20.8 Å². The summed E-state index contributed by atoms with van der Waals surface area (Å²) in [7, 11) is 0. The molecule has 5 nitrogen and oxygen atoms in total. The molecule has 1 fully saturated rings. The monoisotopic (exact) mass is 285 g/mol. The lowest BCUT2D eigenvalue weighted by atomic mass is 9.92. The number of rotatable bonds is 2. The first kappa shape index (κ1) is 14.0. The van der Waals surface area contributed by atoms with Gasteiger partial charge in [-0.2, -0.15) is 10.2 Å². The molecule has 0 aromatic carbocycles. The van der Waals surface area contributed by atoms with Gasteiger partial charge in [-0.05, 0) is 31.0 Å². The van der Waals surface area contributed by atoms with E-state index in [1.54, 1.807) is 0 Å². The van der Waals surface area contributed by atoms with Crippen LogP contribution in [0.5, 0.6) is 0 Å². The molecule has 1 unspecified atom stereocenters. The maximum Gasteiger partial charge on any atom is 0.151 e. The first-order valence-electron chi connectivity index (χ1n) is 7.53. The molecule has 1 saturated heterocycles. The second kappa shape index (κ2) is 5.13. The van der Waals surface area contributed by atoms with Crippen LogP contribution < -0.4 is 4.90 Å². The fourth-order valence-electron chi connectivity index (χ4n) is 2.69. The first-order chi connectivity index (χ1) is 9.93. The van der Waals surface area contributed by atoms with Crippen molar-refractivity contribution < 1.29 is 0 Å². The van der Waals surface area contributed by atoms with Crippen molar-refractivity contribution in [1.82, 2.24) is 20.0 Å². The van der Waals surface area contributed by atoms with Gasteiger partial charge in [0.15, 0.2) is 5.82 Å². The third kappa shape index (κ3) is 2.91. The minimum atomic E-state index is 0.0473. The zero-order chi connectivity index (χ0) is 15.0. The molecule has 0 spiro atoms. The van der Waals surface area contributed by atoms with Gasteiger partial charge in [-0.25, -0.2) is 0 Å². The van der Waals surface area contributed by atoms with Crippen molar-refractivity contribution >= 4 is 5.82 Å². The Kier molecular flexibility index (Phi) is 3.43. The quantitative estimate of drug-likeness (QED) is 0.851. The molecule has 1 aliphatic heterocycles. The lowest BCUT2D eigenvalue weighted by molar-refractivity contribution is 0.494. The maximum atomic E-state index is 4.43. The highest BCUT2D eigenvalue weighted by atomic mass is 15.3. The van der Waals surface area contributed by atoms with E-state index in [0.29, 0.717) is 6.04 Å². The van der Waals surface area contributed by atoms with Crippen LogP contribution in [0.25, 0.3) is 0 Å². The van der Waals surface area contributed by atoms with Crippen LogP contribution in [0, 0.1) is 6.92 Å². The average Bonchev–Trinajstić information content (AvgIpc) is 3.06. The van der Waals surface area contributed by atoms with Crippen molar-refractivity contribution in [2.45, 2.75) is 45.6 Å². The standard InChI is InChI=1S/C16H23N5/c1-12-9-17-21(10-12)13-7-8-20(11-13)15-6-5-14(18-19-15)16(2,3)4/h5-6,9-10,13H,7-8,11H2,1-4H3. The Balaban J connectivity index is 1.71. The average molecular weight is 285 g/mol. The van der Waals surface area contributed by atoms with Gasteiger partial charge in [0.1, 0.15) is 0 Å². The van der Waals surface area contributed by atoms with E-state index < -0.39 is 0 Å². The molecule has 0 N–H and O–H groups in total. The maximum absolute atomic E-state index is 4.43. The van der Waals surface area contributed by atoms with Crippen molar-refractivity contribution in [2.75, 3.05) is 18.0 Å². The highest BCUT2D eigenvalue weighted by Crippen LogP contribution is 2.26. The summed E-state index contributed by atoms with van der Waals surface area (Å²) in [6, 6.07) is 4.61. The molecule has 1 aliphatic rings. The van der Waals surface area contributed by atoms with Crippen LogP contribution in [0.2, 0.25) is 0 Å².